The standard InChI is InChI=1S/C10H12O5/c1-12-8-5-4-7(6-9(8)13-2)15-10(11)14-3/h4-6H,1-3H3. The summed E-state index contributed by atoms with van der Waals surface area (Å²) in [6.45, 7) is 0. The number of carbonyl (C=O) groups excluding carboxylic acids is 1. The number of rotatable bonds is 3. The smallest absolute Gasteiger partial charge is 0.493 e. The normalized spacial score (nSPS) is 9.27. The zero-order valence-electron chi connectivity index (χ0n) is 8.77. The molecule has 0 radical (unpaired) electrons. The molecule has 0 aliphatic carbocycles. The van der Waals surface area contributed by atoms with Gasteiger partial charge in [-0.15, -0.1) is 0 Å². The predicted molar refractivity (Wildman–Crippen MR) is 52.6 cm³/mol. The molecule has 0 spiro atoms. The molecule has 0 saturated carbocycles. The minimum Gasteiger partial charge on any atom is -0.493 e. The van der Waals surface area contributed by atoms with Gasteiger partial charge in [0, 0.05) is 6.07 Å². The summed E-state index contributed by atoms with van der Waals surface area (Å²) >= 11 is 0. The van der Waals surface area contributed by atoms with Crippen LogP contribution in [0.15, 0.2) is 18.2 Å². The third kappa shape index (κ3) is 2.77. The fourth-order valence-corrected chi connectivity index (χ4v) is 1.02. The maximum Gasteiger partial charge on any atom is 0.513 e. The molecule has 0 N–H and O–H groups in total. The van der Waals surface area contributed by atoms with Gasteiger partial charge >= 0.3 is 6.16 Å². The van der Waals surface area contributed by atoms with Gasteiger partial charge in [0.2, 0.25) is 0 Å². The molecule has 0 aromatic heterocycles. The Morgan fingerprint density at radius 3 is 2.27 bits per heavy atom. The molecule has 15 heavy (non-hydrogen) atoms. The first-order chi connectivity index (χ1) is 7.21. The van der Waals surface area contributed by atoms with E-state index in [1.807, 2.05) is 0 Å². The first-order valence-electron chi connectivity index (χ1n) is 4.19. The second-order valence-corrected chi connectivity index (χ2v) is 2.57. The highest BCUT2D eigenvalue weighted by molar-refractivity contribution is 5.64. The van der Waals surface area contributed by atoms with Crippen LogP contribution < -0.4 is 14.2 Å². The summed E-state index contributed by atoms with van der Waals surface area (Å²) in [6, 6.07) is 4.76. The zero-order valence-corrected chi connectivity index (χ0v) is 8.77. The average Bonchev–Trinajstić information content (AvgIpc) is 2.28. The third-order valence-electron chi connectivity index (χ3n) is 1.72. The van der Waals surface area contributed by atoms with Gasteiger partial charge in [-0.05, 0) is 12.1 Å². The fraction of sp³-hybridized carbons (Fsp3) is 0.300. The van der Waals surface area contributed by atoms with Crippen LogP contribution in [-0.2, 0) is 4.74 Å². The van der Waals surface area contributed by atoms with Crippen LogP contribution in [0.1, 0.15) is 0 Å². The molecule has 1 aromatic rings. The van der Waals surface area contributed by atoms with Crippen molar-refractivity contribution in [2.24, 2.45) is 0 Å². The van der Waals surface area contributed by atoms with Crippen molar-refractivity contribution in [2.75, 3.05) is 21.3 Å². The highest BCUT2D eigenvalue weighted by atomic mass is 16.7. The molecule has 0 aliphatic rings. The van der Waals surface area contributed by atoms with E-state index in [1.165, 1.54) is 27.4 Å². The van der Waals surface area contributed by atoms with Crippen LogP contribution in [0.25, 0.3) is 0 Å². The summed E-state index contributed by atoms with van der Waals surface area (Å²) in [4.78, 5) is 10.8. The van der Waals surface area contributed by atoms with E-state index in [2.05, 4.69) is 4.74 Å². The number of methoxy groups -OCH3 is 3. The second-order valence-electron chi connectivity index (χ2n) is 2.57. The van der Waals surface area contributed by atoms with Gasteiger partial charge in [0.05, 0.1) is 21.3 Å². The van der Waals surface area contributed by atoms with Crippen molar-refractivity contribution in [2.45, 2.75) is 0 Å². The summed E-state index contributed by atoms with van der Waals surface area (Å²) in [5, 5.41) is 0. The van der Waals surface area contributed by atoms with E-state index in [-0.39, 0.29) is 0 Å². The van der Waals surface area contributed by atoms with Gasteiger partial charge in [-0.25, -0.2) is 4.79 Å². The van der Waals surface area contributed by atoms with Crippen LogP contribution in [0.4, 0.5) is 4.79 Å². The first kappa shape index (κ1) is 11.2. The Kier molecular flexibility index (Phi) is 3.79. The van der Waals surface area contributed by atoms with E-state index in [0.717, 1.165) is 0 Å². The lowest BCUT2D eigenvalue weighted by molar-refractivity contribution is 0.121. The van der Waals surface area contributed by atoms with Crippen LogP contribution in [-0.4, -0.2) is 27.5 Å². The Bertz CT molecular complexity index is 348. The molecule has 1 aromatic carbocycles. The van der Waals surface area contributed by atoms with Crippen molar-refractivity contribution in [1.82, 2.24) is 0 Å². The van der Waals surface area contributed by atoms with Gasteiger partial charge < -0.3 is 18.9 Å². The quantitative estimate of drug-likeness (QED) is 0.565. The van der Waals surface area contributed by atoms with Crippen LogP contribution in [0.5, 0.6) is 17.2 Å². The number of ether oxygens (including phenoxy) is 4. The molecule has 0 fully saturated rings. The maximum atomic E-state index is 10.8. The van der Waals surface area contributed by atoms with E-state index in [9.17, 15) is 4.79 Å². The van der Waals surface area contributed by atoms with E-state index >= 15 is 0 Å². The monoisotopic (exact) mass is 212 g/mol. The van der Waals surface area contributed by atoms with Gasteiger partial charge in [0.1, 0.15) is 5.75 Å². The fourth-order valence-electron chi connectivity index (χ4n) is 1.02. The summed E-state index contributed by atoms with van der Waals surface area (Å²) < 4.78 is 19.2. The SMILES string of the molecule is COC(=O)Oc1ccc(OC)c(OC)c1. The van der Waals surface area contributed by atoms with Crippen LogP contribution in [0.3, 0.4) is 0 Å². The number of hydrogen-bond donors (Lipinski definition) is 0. The summed E-state index contributed by atoms with van der Waals surface area (Å²) in [7, 11) is 4.27. The minimum atomic E-state index is -0.776. The largest absolute Gasteiger partial charge is 0.513 e. The van der Waals surface area contributed by atoms with Crippen LogP contribution in [0.2, 0.25) is 0 Å². The summed E-state index contributed by atoms with van der Waals surface area (Å²) in [5.74, 6) is 1.38. The van der Waals surface area contributed by atoms with E-state index < -0.39 is 6.16 Å². The van der Waals surface area contributed by atoms with Crippen molar-refractivity contribution < 1.29 is 23.7 Å². The Morgan fingerprint density at radius 2 is 1.73 bits per heavy atom. The van der Waals surface area contributed by atoms with Crippen molar-refractivity contribution in [3.8, 4) is 17.2 Å². The van der Waals surface area contributed by atoms with Gasteiger partial charge in [0.25, 0.3) is 0 Å². The summed E-state index contributed by atoms with van der Waals surface area (Å²) in [6.07, 6.45) is -0.776. The van der Waals surface area contributed by atoms with Crippen LogP contribution >= 0.6 is 0 Å². The molecule has 0 amide bonds. The Labute approximate surface area is 87.5 Å². The van der Waals surface area contributed by atoms with Crippen molar-refractivity contribution >= 4 is 6.16 Å². The second kappa shape index (κ2) is 5.09. The van der Waals surface area contributed by atoms with E-state index in [4.69, 9.17) is 14.2 Å². The summed E-state index contributed by atoms with van der Waals surface area (Å²) in [5.41, 5.74) is 0. The maximum absolute atomic E-state index is 10.8. The molecular weight excluding hydrogens is 200 g/mol. The van der Waals surface area contributed by atoms with Crippen LogP contribution in [0, 0.1) is 0 Å². The molecule has 82 valence electrons. The predicted octanol–water partition coefficient (Wildman–Crippen LogP) is 1.85. The number of hydrogen-bond acceptors (Lipinski definition) is 5. The number of benzene rings is 1. The molecule has 0 bridgehead atoms. The number of carbonyl (C=O) groups is 1. The topological polar surface area (TPSA) is 54.0 Å². The van der Waals surface area contributed by atoms with E-state index in [1.54, 1.807) is 12.1 Å². The lowest BCUT2D eigenvalue weighted by atomic mass is 10.3. The van der Waals surface area contributed by atoms with Gasteiger partial charge in [-0.1, -0.05) is 0 Å². The van der Waals surface area contributed by atoms with Crippen molar-refractivity contribution in [1.29, 1.82) is 0 Å². The third-order valence-corrected chi connectivity index (χ3v) is 1.72. The molecule has 5 heteroatoms. The van der Waals surface area contributed by atoms with Gasteiger partial charge in [0.15, 0.2) is 11.5 Å². The average molecular weight is 212 g/mol. The Morgan fingerprint density at radius 1 is 1.07 bits per heavy atom. The molecule has 0 heterocycles. The van der Waals surface area contributed by atoms with Crippen molar-refractivity contribution in [3.63, 3.8) is 0 Å². The Balaban J connectivity index is 2.88. The highest BCUT2D eigenvalue weighted by Gasteiger charge is 2.08. The zero-order chi connectivity index (χ0) is 11.3. The first-order valence-corrected chi connectivity index (χ1v) is 4.19. The lowest BCUT2D eigenvalue weighted by Gasteiger charge is -2.08. The van der Waals surface area contributed by atoms with Crippen molar-refractivity contribution in [3.05, 3.63) is 18.2 Å². The molecule has 0 atom stereocenters. The highest BCUT2D eigenvalue weighted by Crippen LogP contribution is 2.30. The molecule has 1 rings (SSSR count). The van der Waals surface area contributed by atoms with E-state index in [0.29, 0.717) is 17.2 Å². The lowest BCUT2D eigenvalue weighted by Crippen LogP contribution is -2.07. The minimum absolute atomic E-state index is 0.333. The molecule has 0 saturated heterocycles. The molecule has 0 unspecified atom stereocenters. The van der Waals surface area contributed by atoms with Gasteiger partial charge in [-0.2, -0.15) is 0 Å². The molecule has 0 aliphatic heterocycles. The molecule has 5 nitrogen and oxygen atoms in total. The Hall–Kier alpha value is -1.91. The molecular formula is C10H12O5. The van der Waals surface area contributed by atoms with Gasteiger partial charge in [-0.3, -0.25) is 0 Å².